The van der Waals surface area contributed by atoms with Gasteiger partial charge >= 0.3 is 0 Å². The van der Waals surface area contributed by atoms with Gasteiger partial charge in [0.2, 0.25) is 15.9 Å². The van der Waals surface area contributed by atoms with Gasteiger partial charge in [-0.3, -0.25) is 4.79 Å². The Bertz CT molecular complexity index is 778. The van der Waals surface area contributed by atoms with Crippen molar-refractivity contribution in [2.24, 2.45) is 0 Å². The van der Waals surface area contributed by atoms with E-state index in [1.807, 2.05) is 26.0 Å². The number of hydrogen-bond donors (Lipinski definition) is 1. The number of nitrogens with one attached hydrogen (secondary N) is 1. The lowest BCUT2D eigenvalue weighted by Gasteiger charge is -2.28. The van der Waals surface area contributed by atoms with Crippen molar-refractivity contribution in [1.82, 2.24) is 14.5 Å². The standard InChI is InChI=1S/C24H41N3O3S/c1-5-26(16-9-10-18-27-17-8-6-7-11-24(27)28)21(4)19-22-12-14-23(15-13-22)31(29,30)25-20(2)3/h12-15,20-21,25H,5-11,16-19H2,1-4H3. The number of rotatable bonds is 12. The van der Waals surface area contributed by atoms with Gasteiger partial charge in [-0.1, -0.05) is 25.5 Å². The number of sulfonamides is 1. The van der Waals surface area contributed by atoms with Crippen LogP contribution in [0.2, 0.25) is 0 Å². The Labute approximate surface area is 189 Å². The Balaban J connectivity index is 1.81. The first-order valence-electron chi connectivity index (χ1n) is 11.9. The summed E-state index contributed by atoms with van der Waals surface area (Å²) in [6, 6.07) is 7.48. The van der Waals surface area contributed by atoms with E-state index in [1.54, 1.807) is 12.1 Å². The van der Waals surface area contributed by atoms with Crippen LogP contribution in [0.1, 0.15) is 71.8 Å². The van der Waals surface area contributed by atoms with Crippen LogP contribution in [-0.4, -0.2) is 62.4 Å². The van der Waals surface area contributed by atoms with Gasteiger partial charge in [-0.2, -0.15) is 0 Å². The third-order valence-electron chi connectivity index (χ3n) is 5.98. The molecule has 1 aromatic rings. The van der Waals surface area contributed by atoms with Crippen molar-refractivity contribution >= 4 is 15.9 Å². The summed E-state index contributed by atoms with van der Waals surface area (Å²) in [5.41, 5.74) is 1.14. The molecule has 1 saturated heterocycles. The minimum atomic E-state index is -3.44. The second-order valence-electron chi connectivity index (χ2n) is 9.00. The minimum absolute atomic E-state index is 0.125. The van der Waals surface area contributed by atoms with Crippen molar-refractivity contribution in [3.63, 3.8) is 0 Å². The molecule has 1 aliphatic rings. The highest BCUT2D eigenvalue weighted by Crippen LogP contribution is 2.16. The molecule has 31 heavy (non-hydrogen) atoms. The molecule has 1 aromatic carbocycles. The molecule has 176 valence electrons. The van der Waals surface area contributed by atoms with E-state index in [0.29, 0.717) is 23.3 Å². The van der Waals surface area contributed by atoms with Gasteiger partial charge in [0.1, 0.15) is 0 Å². The molecular formula is C24H41N3O3S. The summed E-state index contributed by atoms with van der Waals surface area (Å²) >= 11 is 0. The van der Waals surface area contributed by atoms with Crippen LogP contribution < -0.4 is 4.72 Å². The van der Waals surface area contributed by atoms with E-state index >= 15 is 0 Å². The lowest BCUT2D eigenvalue weighted by Crippen LogP contribution is -2.36. The van der Waals surface area contributed by atoms with Gasteiger partial charge in [0.25, 0.3) is 0 Å². The number of unbranched alkanes of at least 4 members (excludes halogenated alkanes) is 1. The predicted octanol–water partition coefficient (Wildman–Crippen LogP) is 3.81. The summed E-state index contributed by atoms with van der Waals surface area (Å²) in [5, 5.41) is 0. The summed E-state index contributed by atoms with van der Waals surface area (Å²) in [6.45, 7) is 11.8. The molecule has 1 fully saturated rings. The molecule has 1 atom stereocenters. The number of benzene rings is 1. The number of amides is 1. The molecular weight excluding hydrogens is 410 g/mol. The molecule has 7 heteroatoms. The van der Waals surface area contributed by atoms with Gasteiger partial charge in [0, 0.05) is 31.6 Å². The molecule has 1 unspecified atom stereocenters. The van der Waals surface area contributed by atoms with Crippen LogP contribution in [0.4, 0.5) is 0 Å². The van der Waals surface area contributed by atoms with Crippen molar-refractivity contribution in [2.45, 2.75) is 89.6 Å². The minimum Gasteiger partial charge on any atom is -0.343 e. The predicted molar refractivity (Wildman–Crippen MR) is 127 cm³/mol. The van der Waals surface area contributed by atoms with Crippen LogP contribution in [0.5, 0.6) is 0 Å². The molecule has 0 aromatic heterocycles. The summed E-state index contributed by atoms with van der Waals surface area (Å²) in [5.74, 6) is 0.326. The molecule has 1 N–H and O–H groups in total. The fourth-order valence-electron chi connectivity index (χ4n) is 4.24. The highest BCUT2D eigenvalue weighted by molar-refractivity contribution is 7.89. The Morgan fingerprint density at radius 2 is 1.77 bits per heavy atom. The smallest absolute Gasteiger partial charge is 0.240 e. The Kier molecular flexibility index (Phi) is 10.5. The third kappa shape index (κ3) is 8.54. The van der Waals surface area contributed by atoms with Crippen molar-refractivity contribution in [3.05, 3.63) is 29.8 Å². The third-order valence-corrected chi connectivity index (χ3v) is 7.65. The molecule has 2 rings (SSSR count). The van der Waals surface area contributed by atoms with Crippen LogP contribution in [0.3, 0.4) is 0 Å². The number of likely N-dealkylation sites (N-methyl/N-ethyl adjacent to an activating group) is 1. The molecule has 0 saturated carbocycles. The van der Waals surface area contributed by atoms with Gasteiger partial charge in [-0.15, -0.1) is 0 Å². The summed E-state index contributed by atoms with van der Waals surface area (Å²) in [6.07, 6.45) is 7.08. The lowest BCUT2D eigenvalue weighted by molar-refractivity contribution is -0.130. The van der Waals surface area contributed by atoms with Crippen LogP contribution in [0, 0.1) is 0 Å². The molecule has 0 aliphatic carbocycles. The quantitative estimate of drug-likeness (QED) is 0.491. The number of nitrogens with zero attached hydrogens (tertiary/aromatic N) is 2. The summed E-state index contributed by atoms with van der Waals surface area (Å²) < 4.78 is 27.2. The van der Waals surface area contributed by atoms with Crippen molar-refractivity contribution in [3.8, 4) is 0 Å². The first-order valence-corrected chi connectivity index (χ1v) is 13.3. The normalized spacial score (nSPS) is 16.7. The van der Waals surface area contributed by atoms with E-state index in [2.05, 4.69) is 28.4 Å². The second kappa shape index (κ2) is 12.6. The zero-order valence-electron chi connectivity index (χ0n) is 19.8. The van der Waals surface area contributed by atoms with E-state index in [9.17, 15) is 13.2 Å². The first-order chi connectivity index (χ1) is 14.7. The maximum Gasteiger partial charge on any atom is 0.240 e. The fourth-order valence-corrected chi connectivity index (χ4v) is 5.49. The number of likely N-dealkylation sites (tertiary alicyclic amines) is 1. The number of hydrogen-bond acceptors (Lipinski definition) is 4. The zero-order valence-corrected chi connectivity index (χ0v) is 20.6. The van der Waals surface area contributed by atoms with E-state index < -0.39 is 10.0 Å². The van der Waals surface area contributed by atoms with Crippen molar-refractivity contribution in [2.75, 3.05) is 26.2 Å². The van der Waals surface area contributed by atoms with Crippen LogP contribution in [0.15, 0.2) is 29.2 Å². The highest BCUT2D eigenvalue weighted by Gasteiger charge is 2.18. The molecule has 0 radical (unpaired) electrons. The molecule has 6 nitrogen and oxygen atoms in total. The van der Waals surface area contributed by atoms with Crippen LogP contribution in [-0.2, 0) is 21.2 Å². The van der Waals surface area contributed by atoms with Crippen LogP contribution >= 0.6 is 0 Å². The maximum atomic E-state index is 12.3. The number of carbonyl (C=O) groups excluding carboxylic acids is 1. The van der Waals surface area contributed by atoms with E-state index in [1.165, 1.54) is 6.42 Å². The SMILES string of the molecule is CCN(CCCCN1CCCCCC1=O)C(C)Cc1ccc(S(=O)(=O)NC(C)C)cc1. The topological polar surface area (TPSA) is 69.7 Å². The monoisotopic (exact) mass is 451 g/mol. The molecule has 0 bridgehead atoms. The highest BCUT2D eigenvalue weighted by atomic mass is 32.2. The number of carbonyl (C=O) groups is 1. The Morgan fingerprint density at radius 3 is 2.42 bits per heavy atom. The Hall–Kier alpha value is -1.44. The fraction of sp³-hybridized carbons (Fsp3) is 0.708. The molecule has 1 heterocycles. The van der Waals surface area contributed by atoms with Gasteiger partial charge in [0.05, 0.1) is 4.90 Å². The second-order valence-corrected chi connectivity index (χ2v) is 10.7. The van der Waals surface area contributed by atoms with Gasteiger partial charge in [0.15, 0.2) is 0 Å². The average molecular weight is 452 g/mol. The van der Waals surface area contributed by atoms with Crippen molar-refractivity contribution in [1.29, 1.82) is 0 Å². The largest absolute Gasteiger partial charge is 0.343 e. The van der Waals surface area contributed by atoms with Gasteiger partial charge < -0.3 is 9.80 Å². The van der Waals surface area contributed by atoms with Crippen molar-refractivity contribution < 1.29 is 13.2 Å². The van der Waals surface area contributed by atoms with E-state index in [4.69, 9.17) is 0 Å². The molecule has 0 spiro atoms. The summed E-state index contributed by atoms with van der Waals surface area (Å²) in [7, 11) is -3.44. The lowest BCUT2D eigenvalue weighted by atomic mass is 10.1. The average Bonchev–Trinajstić information content (AvgIpc) is 2.91. The van der Waals surface area contributed by atoms with E-state index in [0.717, 1.165) is 63.8 Å². The van der Waals surface area contributed by atoms with Gasteiger partial charge in [-0.05, 0) is 83.7 Å². The maximum absolute atomic E-state index is 12.3. The van der Waals surface area contributed by atoms with Crippen LogP contribution in [0.25, 0.3) is 0 Å². The van der Waals surface area contributed by atoms with E-state index in [-0.39, 0.29) is 6.04 Å². The van der Waals surface area contributed by atoms with Gasteiger partial charge in [-0.25, -0.2) is 13.1 Å². The molecule has 1 aliphatic heterocycles. The first kappa shape index (κ1) is 25.8. The molecule has 1 amide bonds. The summed E-state index contributed by atoms with van der Waals surface area (Å²) in [4.78, 5) is 17.0. The zero-order chi connectivity index (χ0) is 22.9. The Morgan fingerprint density at radius 1 is 1.06 bits per heavy atom.